The fourth-order valence-electron chi connectivity index (χ4n) is 3.03. The molecule has 0 bridgehead atoms. The third-order valence-corrected chi connectivity index (χ3v) is 4.95. The normalized spacial score (nSPS) is 11.2. The van der Waals surface area contributed by atoms with Crippen molar-refractivity contribution in [3.8, 4) is 0 Å². The van der Waals surface area contributed by atoms with Crippen molar-refractivity contribution in [2.45, 2.75) is 78.1 Å². The summed E-state index contributed by atoms with van der Waals surface area (Å²) in [5.74, 6) is -0.176. The maximum absolute atomic E-state index is 11.1. The van der Waals surface area contributed by atoms with E-state index in [1.807, 2.05) is 6.92 Å². The summed E-state index contributed by atoms with van der Waals surface area (Å²) in [4.78, 5) is 11.1. The van der Waals surface area contributed by atoms with E-state index in [9.17, 15) is 4.79 Å². The van der Waals surface area contributed by atoms with E-state index in [0.29, 0.717) is 85.7 Å². The Morgan fingerprint density at radius 3 is 1.18 bits per heavy atom. The first kappa shape index (κ1) is 33.2. The Bertz CT molecular complexity index is 395. The van der Waals surface area contributed by atoms with E-state index in [1.54, 1.807) is 0 Å². The molecule has 0 saturated carbocycles. The highest BCUT2D eigenvalue weighted by Gasteiger charge is 2.00. The zero-order chi connectivity index (χ0) is 24.8. The van der Waals surface area contributed by atoms with Gasteiger partial charge in [-0.05, 0) is 12.8 Å². The fourth-order valence-corrected chi connectivity index (χ4v) is 3.03. The molecule has 0 aromatic rings. The summed E-state index contributed by atoms with van der Waals surface area (Å²) in [5.41, 5.74) is 0. The summed E-state index contributed by atoms with van der Waals surface area (Å²) in [5, 5.41) is 0. The van der Waals surface area contributed by atoms with E-state index in [1.165, 1.54) is 44.9 Å². The van der Waals surface area contributed by atoms with Gasteiger partial charge in [-0.2, -0.15) is 0 Å². The summed E-state index contributed by atoms with van der Waals surface area (Å²) in [6, 6.07) is 0. The van der Waals surface area contributed by atoms with Crippen LogP contribution in [0.2, 0.25) is 0 Å². The van der Waals surface area contributed by atoms with E-state index in [0.717, 1.165) is 19.4 Å². The zero-order valence-electron chi connectivity index (χ0n) is 22.0. The molecule has 0 N–H and O–H groups in total. The van der Waals surface area contributed by atoms with Gasteiger partial charge < -0.3 is 33.2 Å². The van der Waals surface area contributed by atoms with Crippen molar-refractivity contribution in [2.75, 3.05) is 85.9 Å². The Hall–Kier alpha value is -0.770. The van der Waals surface area contributed by atoms with E-state index in [4.69, 9.17) is 33.2 Å². The van der Waals surface area contributed by atoms with E-state index < -0.39 is 0 Å². The smallest absolute Gasteiger partial charge is 0.305 e. The SMILES string of the molecule is CCCCCCCCCCOCCOCCOCCOCCOCCOCCOC(=O)CCC. The number of carbonyl (C=O) groups excluding carboxylic acids is 1. The second kappa shape index (κ2) is 30.3. The Morgan fingerprint density at radius 2 is 0.765 bits per heavy atom. The van der Waals surface area contributed by atoms with Crippen LogP contribution in [0.3, 0.4) is 0 Å². The molecule has 0 heterocycles. The van der Waals surface area contributed by atoms with Crippen LogP contribution in [-0.4, -0.2) is 91.9 Å². The minimum absolute atomic E-state index is 0.176. The molecule has 0 rings (SSSR count). The summed E-state index contributed by atoms with van der Waals surface area (Å²) < 4.78 is 37.7. The quantitative estimate of drug-likeness (QED) is 0.111. The number of ether oxygens (including phenoxy) is 7. The third-order valence-electron chi connectivity index (χ3n) is 4.95. The van der Waals surface area contributed by atoms with Crippen LogP contribution in [-0.2, 0) is 38.0 Å². The standard InChI is InChI=1S/C26H52O8/c1-3-5-6-7-8-9-10-11-13-28-14-15-29-16-17-30-18-19-31-20-21-32-22-23-33-24-25-34-26(27)12-4-2/h3-25H2,1-2H3. The molecule has 0 spiro atoms. The van der Waals surface area contributed by atoms with Gasteiger partial charge in [-0.25, -0.2) is 0 Å². The van der Waals surface area contributed by atoms with Crippen LogP contribution < -0.4 is 0 Å². The van der Waals surface area contributed by atoms with Crippen molar-refractivity contribution in [1.29, 1.82) is 0 Å². The van der Waals surface area contributed by atoms with Gasteiger partial charge >= 0.3 is 5.97 Å². The van der Waals surface area contributed by atoms with E-state index in [-0.39, 0.29) is 5.97 Å². The van der Waals surface area contributed by atoms with Gasteiger partial charge in [0.05, 0.1) is 72.7 Å². The van der Waals surface area contributed by atoms with Crippen molar-refractivity contribution >= 4 is 5.97 Å². The van der Waals surface area contributed by atoms with Gasteiger partial charge in [0.2, 0.25) is 0 Å². The number of unbranched alkanes of at least 4 members (excludes halogenated alkanes) is 7. The van der Waals surface area contributed by atoms with Crippen LogP contribution in [0.4, 0.5) is 0 Å². The van der Waals surface area contributed by atoms with Gasteiger partial charge in [0.25, 0.3) is 0 Å². The molecule has 204 valence electrons. The van der Waals surface area contributed by atoms with Crippen LogP contribution >= 0.6 is 0 Å². The number of hydrogen-bond acceptors (Lipinski definition) is 8. The van der Waals surface area contributed by atoms with Gasteiger partial charge in [-0.1, -0.05) is 58.8 Å². The molecule has 0 aromatic heterocycles. The summed E-state index contributed by atoms with van der Waals surface area (Å²) >= 11 is 0. The highest BCUT2D eigenvalue weighted by molar-refractivity contribution is 5.69. The average molecular weight is 493 g/mol. The van der Waals surface area contributed by atoms with E-state index >= 15 is 0 Å². The fraction of sp³-hybridized carbons (Fsp3) is 0.962. The van der Waals surface area contributed by atoms with E-state index in [2.05, 4.69) is 6.92 Å². The van der Waals surface area contributed by atoms with Crippen LogP contribution in [0.1, 0.15) is 78.1 Å². The minimum Gasteiger partial charge on any atom is -0.463 e. The molecule has 0 fully saturated rings. The molecule has 8 nitrogen and oxygen atoms in total. The molecule has 0 atom stereocenters. The molecule has 0 aromatic carbocycles. The molecular formula is C26H52O8. The van der Waals surface area contributed by atoms with Gasteiger partial charge in [-0.3, -0.25) is 4.79 Å². The molecule has 0 radical (unpaired) electrons. The van der Waals surface area contributed by atoms with Crippen molar-refractivity contribution in [3.63, 3.8) is 0 Å². The van der Waals surface area contributed by atoms with Gasteiger partial charge in [-0.15, -0.1) is 0 Å². The predicted octanol–water partition coefficient (Wildman–Crippen LogP) is 4.57. The monoisotopic (exact) mass is 492 g/mol. The van der Waals surface area contributed by atoms with Crippen molar-refractivity contribution in [2.24, 2.45) is 0 Å². The third kappa shape index (κ3) is 29.3. The first-order valence-corrected chi connectivity index (χ1v) is 13.4. The highest BCUT2D eigenvalue weighted by atomic mass is 16.6. The number of esters is 1. The second-order valence-corrected chi connectivity index (χ2v) is 8.12. The Labute approximate surface area is 208 Å². The molecule has 0 saturated heterocycles. The summed E-state index contributed by atoms with van der Waals surface area (Å²) in [7, 11) is 0. The topological polar surface area (TPSA) is 81.7 Å². The molecule has 8 heteroatoms. The van der Waals surface area contributed by atoms with Gasteiger partial charge in [0.1, 0.15) is 6.61 Å². The lowest BCUT2D eigenvalue weighted by atomic mass is 10.1. The largest absolute Gasteiger partial charge is 0.463 e. The molecule has 0 amide bonds. The van der Waals surface area contributed by atoms with Crippen LogP contribution in [0.5, 0.6) is 0 Å². The molecule has 0 aliphatic heterocycles. The highest BCUT2D eigenvalue weighted by Crippen LogP contribution is 2.08. The minimum atomic E-state index is -0.176. The first-order chi connectivity index (χ1) is 16.8. The lowest BCUT2D eigenvalue weighted by Gasteiger charge is -2.08. The summed E-state index contributed by atoms with van der Waals surface area (Å²) in [6.45, 7) is 11.2. The van der Waals surface area contributed by atoms with Gasteiger partial charge in [0.15, 0.2) is 0 Å². The van der Waals surface area contributed by atoms with Crippen LogP contribution in [0, 0.1) is 0 Å². The van der Waals surface area contributed by atoms with Crippen LogP contribution in [0.15, 0.2) is 0 Å². The Morgan fingerprint density at radius 1 is 0.412 bits per heavy atom. The molecule has 0 aliphatic carbocycles. The molecule has 0 aliphatic rings. The van der Waals surface area contributed by atoms with Crippen molar-refractivity contribution in [3.05, 3.63) is 0 Å². The zero-order valence-corrected chi connectivity index (χ0v) is 22.0. The first-order valence-electron chi connectivity index (χ1n) is 13.4. The maximum atomic E-state index is 11.1. The average Bonchev–Trinajstić information content (AvgIpc) is 2.83. The summed E-state index contributed by atoms with van der Waals surface area (Å²) in [6.07, 6.45) is 11.8. The van der Waals surface area contributed by atoms with Gasteiger partial charge in [0, 0.05) is 13.0 Å². The lowest BCUT2D eigenvalue weighted by molar-refractivity contribution is -0.145. The maximum Gasteiger partial charge on any atom is 0.305 e. The van der Waals surface area contributed by atoms with Crippen molar-refractivity contribution < 1.29 is 38.0 Å². The predicted molar refractivity (Wildman–Crippen MR) is 133 cm³/mol. The molecular weight excluding hydrogens is 440 g/mol. The number of carbonyl (C=O) groups is 1. The van der Waals surface area contributed by atoms with Crippen molar-refractivity contribution in [1.82, 2.24) is 0 Å². The second-order valence-electron chi connectivity index (χ2n) is 8.12. The number of hydrogen-bond donors (Lipinski definition) is 0. The lowest BCUT2D eigenvalue weighted by Crippen LogP contribution is -2.15. The molecule has 0 unspecified atom stereocenters. The Balaban J connectivity index is 3.03. The Kier molecular flexibility index (Phi) is 29.6. The number of rotatable bonds is 29. The molecule has 34 heavy (non-hydrogen) atoms. The van der Waals surface area contributed by atoms with Crippen LogP contribution in [0.25, 0.3) is 0 Å².